The van der Waals surface area contributed by atoms with Crippen molar-refractivity contribution < 1.29 is 23.1 Å². The fraction of sp³-hybridized carbons (Fsp3) is 0.222. The summed E-state index contributed by atoms with van der Waals surface area (Å²) < 4.78 is 30.5. The van der Waals surface area contributed by atoms with Gasteiger partial charge in [0.25, 0.3) is 5.91 Å². The number of carbonyl (C=O) groups is 1. The van der Waals surface area contributed by atoms with Gasteiger partial charge in [-0.2, -0.15) is 5.10 Å². The molecule has 0 aliphatic heterocycles. The van der Waals surface area contributed by atoms with Gasteiger partial charge in [0.2, 0.25) is 10.0 Å². The molecule has 0 saturated carbocycles. The second-order valence-corrected chi connectivity index (χ2v) is 7.59. The number of phenolic OH excluding ortho intramolecular Hbond substituents is 1. The summed E-state index contributed by atoms with van der Waals surface area (Å²) >= 11 is 0. The molecule has 0 aliphatic rings. The van der Waals surface area contributed by atoms with Crippen LogP contribution in [-0.2, 0) is 14.8 Å². The molecule has 1 atom stereocenters. The van der Waals surface area contributed by atoms with Crippen LogP contribution in [-0.4, -0.2) is 45.1 Å². The zero-order valence-electron chi connectivity index (χ0n) is 15.2. The Balaban J connectivity index is 2.18. The highest BCUT2D eigenvalue weighted by molar-refractivity contribution is 7.92. The second-order valence-electron chi connectivity index (χ2n) is 5.73. The molecule has 0 unspecified atom stereocenters. The number of aromatic hydroxyl groups is 1. The first-order valence-corrected chi connectivity index (χ1v) is 9.83. The molecule has 0 fully saturated rings. The third-order valence-corrected chi connectivity index (χ3v) is 4.97. The quantitative estimate of drug-likeness (QED) is 0.552. The summed E-state index contributed by atoms with van der Waals surface area (Å²) in [5.74, 6) is -0.0426. The van der Waals surface area contributed by atoms with Crippen LogP contribution in [0, 0.1) is 0 Å². The van der Waals surface area contributed by atoms with Crippen LogP contribution in [0.1, 0.15) is 12.5 Å². The van der Waals surface area contributed by atoms with Gasteiger partial charge in [-0.1, -0.05) is 12.1 Å². The van der Waals surface area contributed by atoms with Gasteiger partial charge < -0.3 is 9.84 Å². The van der Waals surface area contributed by atoms with Gasteiger partial charge in [0.1, 0.15) is 17.5 Å². The predicted octanol–water partition coefficient (Wildman–Crippen LogP) is 1.71. The highest BCUT2D eigenvalue weighted by atomic mass is 32.2. The summed E-state index contributed by atoms with van der Waals surface area (Å²) in [5, 5.41) is 13.5. The summed E-state index contributed by atoms with van der Waals surface area (Å²) in [4.78, 5) is 12.4. The number of ether oxygens (including phenoxy) is 1. The average Bonchev–Trinajstić information content (AvgIpc) is 2.62. The van der Waals surface area contributed by atoms with E-state index in [1.807, 2.05) is 0 Å². The van der Waals surface area contributed by atoms with Gasteiger partial charge in [0, 0.05) is 5.56 Å². The number of phenols is 1. The van der Waals surface area contributed by atoms with Crippen LogP contribution in [0.2, 0.25) is 0 Å². The van der Waals surface area contributed by atoms with Crippen molar-refractivity contribution in [3.05, 3.63) is 54.1 Å². The first kappa shape index (κ1) is 20.2. The van der Waals surface area contributed by atoms with Gasteiger partial charge in [-0.15, -0.1) is 0 Å². The smallest absolute Gasteiger partial charge is 0.263 e. The number of nitrogens with zero attached hydrogens (tertiary/aromatic N) is 2. The largest absolute Gasteiger partial charge is 0.507 e. The number of amides is 1. The Bertz CT molecular complexity index is 926. The fourth-order valence-electron chi connectivity index (χ4n) is 2.39. The van der Waals surface area contributed by atoms with Crippen LogP contribution in [0.4, 0.5) is 5.69 Å². The lowest BCUT2D eigenvalue weighted by Gasteiger charge is -2.27. The van der Waals surface area contributed by atoms with E-state index in [0.29, 0.717) is 17.0 Å². The third kappa shape index (κ3) is 5.20. The number of para-hydroxylation sites is 1. The molecule has 1 amide bonds. The molecule has 0 radical (unpaired) electrons. The number of hydrogen-bond donors (Lipinski definition) is 2. The van der Waals surface area contributed by atoms with Crippen LogP contribution in [0.15, 0.2) is 53.6 Å². The highest BCUT2D eigenvalue weighted by Crippen LogP contribution is 2.23. The fourth-order valence-corrected chi connectivity index (χ4v) is 3.57. The Kier molecular flexibility index (Phi) is 6.40. The Morgan fingerprint density at radius 2 is 1.85 bits per heavy atom. The maximum atomic E-state index is 12.4. The number of carbonyl (C=O) groups excluding carboxylic acids is 1. The number of anilines is 1. The van der Waals surface area contributed by atoms with Crippen LogP contribution < -0.4 is 14.5 Å². The minimum atomic E-state index is -3.73. The SMILES string of the molecule is COc1ccc(N([C@H](C)C(=O)N/N=C\c2ccccc2O)S(C)(=O)=O)cc1. The normalized spacial score (nSPS) is 12.6. The van der Waals surface area contributed by atoms with Crippen molar-refractivity contribution in [1.29, 1.82) is 0 Å². The van der Waals surface area contributed by atoms with E-state index in [-0.39, 0.29) is 5.75 Å². The molecule has 0 saturated heterocycles. The van der Waals surface area contributed by atoms with Crippen LogP contribution in [0.25, 0.3) is 0 Å². The Morgan fingerprint density at radius 3 is 2.41 bits per heavy atom. The van der Waals surface area contributed by atoms with Crippen molar-refractivity contribution in [3.63, 3.8) is 0 Å². The molecule has 0 heterocycles. The molecule has 0 aliphatic carbocycles. The van der Waals surface area contributed by atoms with E-state index in [9.17, 15) is 18.3 Å². The lowest BCUT2D eigenvalue weighted by molar-refractivity contribution is -0.121. The minimum Gasteiger partial charge on any atom is -0.507 e. The Morgan fingerprint density at radius 1 is 1.22 bits per heavy atom. The summed E-state index contributed by atoms with van der Waals surface area (Å²) in [6, 6.07) is 11.7. The van der Waals surface area contributed by atoms with Crippen molar-refractivity contribution in [1.82, 2.24) is 5.43 Å². The topological polar surface area (TPSA) is 108 Å². The van der Waals surface area contributed by atoms with Crippen molar-refractivity contribution in [2.75, 3.05) is 17.7 Å². The Labute approximate surface area is 158 Å². The Hall–Kier alpha value is -3.07. The molecule has 2 N–H and O–H groups in total. The van der Waals surface area contributed by atoms with Crippen LogP contribution >= 0.6 is 0 Å². The molecule has 9 heteroatoms. The van der Waals surface area contributed by atoms with Gasteiger partial charge >= 0.3 is 0 Å². The van der Waals surface area contributed by atoms with Crippen molar-refractivity contribution >= 4 is 27.8 Å². The van der Waals surface area contributed by atoms with Gasteiger partial charge in [-0.05, 0) is 43.3 Å². The minimum absolute atomic E-state index is 0.0135. The summed E-state index contributed by atoms with van der Waals surface area (Å²) in [6.07, 6.45) is 2.30. The van der Waals surface area contributed by atoms with E-state index in [1.165, 1.54) is 26.3 Å². The molecule has 27 heavy (non-hydrogen) atoms. The number of rotatable bonds is 7. The molecule has 0 spiro atoms. The lowest BCUT2D eigenvalue weighted by atomic mass is 10.2. The molecule has 0 bridgehead atoms. The molecule has 0 aromatic heterocycles. The standard InChI is InChI=1S/C18H21N3O5S/c1-13(18(23)20-19-12-14-6-4-5-7-17(14)22)21(27(3,24)25)15-8-10-16(26-2)11-9-15/h4-13,22H,1-3H3,(H,20,23)/b19-12-/t13-/m1/s1. The third-order valence-electron chi connectivity index (χ3n) is 3.73. The number of sulfonamides is 1. The van der Waals surface area contributed by atoms with E-state index in [1.54, 1.807) is 42.5 Å². The monoisotopic (exact) mass is 391 g/mol. The zero-order chi connectivity index (χ0) is 20.0. The molecule has 2 aromatic rings. The number of hydrazone groups is 1. The van der Waals surface area contributed by atoms with Crippen molar-refractivity contribution in [3.8, 4) is 11.5 Å². The van der Waals surface area contributed by atoms with E-state index in [0.717, 1.165) is 10.6 Å². The summed E-state index contributed by atoms with van der Waals surface area (Å²) in [7, 11) is -2.22. The highest BCUT2D eigenvalue weighted by Gasteiger charge is 2.29. The molecule has 144 valence electrons. The molecule has 8 nitrogen and oxygen atoms in total. The summed E-state index contributed by atoms with van der Waals surface area (Å²) in [6.45, 7) is 1.45. The molecule has 2 rings (SSSR count). The number of methoxy groups -OCH3 is 1. The molecular formula is C18H21N3O5S. The van der Waals surface area contributed by atoms with Crippen molar-refractivity contribution in [2.24, 2.45) is 5.10 Å². The number of hydrogen-bond acceptors (Lipinski definition) is 6. The predicted molar refractivity (Wildman–Crippen MR) is 104 cm³/mol. The van der Waals surface area contributed by atoms with E-state index < -0.39 is 22.0 Å². The average molecular weight is 391 g/mol. The zero-order valence-corrected chi connectivity index (χ0v) is 16.0. The maximum Gasteiger partial charge on any atom is 0.263 e. The van der Waals surface area contributed by atoms with Gasteiger partial charge in [-0.25, -0.2) is 13.8 Å². The van der Waals surface area contributed by atoms with E-state index in [4.69, 9.17) is 4.74 Å². The van der Waals surface area contributed by atoms with Gasteiger partial charge in [0.05, 0.1) is 25.3 Å². The number of nitrogens with one attached hydrogen (secondary N) is 1. The first-order valence-electron chi connectivity index (χ1n) is 7.98. The maximum absolute atomic E-state index is 12.4. The van der Waals surface area contributed by atoms with E-state index in [2.05, 4.69) is 10.5 Å². The number of benzene rings is 2. The van der Waals surface area contributed by atoms with Crippen molar-refractivity contribution in [2.45, 2.75) is 13.0 Å². The van der Waals surface area contributed by atoms with Crippen LogP contribution in [0.3, 0.4) is 0 Å². The molecule has 2 aromatic carbocycles. The molecular weight excluding hydrogens is 370 g/mol. The van der Waals surface area contributed by atoms with Gasteiger partial charge in [-0.3, -0.25) is 9.10 Å². The first-order chi connectivity index (χ1) is 12.7. The summed E-state index contributed by atoms with van der Waals surface area (Å²) in [5.41, 5.74) is 3.03. The second kappa shape index (κ2) is 8.54. The van der Waals surface area contributed by atoms with Crippen LogP contribution in [0.5, 0.6) is 11.5 Å². The lowest BCUT2D eigenvalue weighted by Crippen LogP contribution is -2.46. The van der Waals surface area contributed by atoms with Gasteiger partial charge in [0.15, 0.2) is 0 Å². The van der Waals surface area contributed by atoms with E-state index >= 15 is 0 Å².